The molecule has 0 aliphatic carbocycles. The van der Waals surface area contributed by atoms with E-state index in [0.29, 0.717) is 11.3 Å². The molecule has 1 fully saturated rings. The van der Waals surface area contributed by atoms with E-state index in [4.69, 9.17) is 0 Å². The zero-order valence-corrected chi connectivity index (χ0v) is 16.5. The number of rotatable bonds is 6. The van der Waals surface area contributed by atoms with Crippen molar-refractivity contribution in [3.63, 3.8) is 0 Å². The summed E-state index contributed by atoms with van der Waals surface area (Å²) in [6, 6.07) is 8.69. The highest BCUT2D eigenvalue weighted by Gasteiger charge is 2.20. The topological polar surface area (TPSA) is 82.5 Å². The average molecular weight is 384 g/mol. The van der Waals surface area contributed by atoms with Gasteiger partial charge in [0.15, 0.2) is 0 Å². The minimum Gasteiger partial charge on any atom is -0.336 e. The number of aromatic nitrogens is 2. The lowest BCUT2D eigenvalue weighted by Crippen LogP contribution is -2.47. The van der Waals surface area contributed by atoms with Crippen LogP contribution in [0.25, 0.3) is 0 Å². The first-order chi connectivity index (χ1) is 13.5. The van der Waals surface area contributed by atoms with Crippen LogP contribution in [0.4, 0.5) is 10.5 Å². The van der Waals surface area contributed by atoms with E-state index >= 15 is 0 Å². The maximum atomic E-state index is 12.7. The van der Waals surface area contributed by atoms with Crippen molar-refractivity contribution in [3.05, 3.63) is 48.3 Å². The monoisotopic (exact) mass is 384 g/mol. The highest BCUT2D eigenvalue weighted by molar-refractivity contribution is 5.97. The number of hydrogen-bond acceptors (Lipinski definition) is 4. The summed E-state index contributed by atoms with van der Waals surface area (Å²) in [7, 11) is 2.06. The first kappa shape index (κ1) is 19.9. The molecule has 2 heterocycles. The molecule has 8 nitrogen and oxygen atoms in total. The van der Waals surface area contributed by atoms with Gasteiger partial charge in [0, 0.05) is 62.4 Å². The van der Waals surface area contributed by atoms with Crippen molar-refractivity contribution in [1.29, 1.82) is 0 Å². The number of urea groups is 1. The van der Waals surface area contributed by atoms with E-state index in [-0.39, 0.29) is 18.0 Å². The van der Waals surface area contributed by atoms with Gasteiger partial charge in [0.25, 0.3) is 5.91 Å². The molecule has 1 aliphatic rings. The number of amides is 3. The van der Waals surface area contributed by atoms with Gasteiger partial charge in [-0.15, -0.1) is 0 Å². The van der Waals surface area contributed by atoms with Crippen LogP contribution in [0, 0.1) is 0 Å². The van der Waals surface area contributed by atoms with Crippen LogP contribution >= 0.6 is 0 Å². The molecule has 1 aliphatic heterocycles. The molecule has 1 aromatic heterocycles. The lowest BCUT2D eigenvalue weighted by molar-refractivity contribution is 0.0664. The predicted molar refractivity (Wildman–Crippen MR) is 108 cm³/mol. The molecule has 0 spiro atoms. The third kappa shape index (κ3) is 5.56. The maximum absolute atomic E-state index is 12.7. The Morgan fingerprint density at radius 2 is 1.96 bits per heavy atom. The Morgan fingerprint density at radius 3 is 2.68 bits per heavy atom. The number of nitrogens with one attached hydrogen (secondary N) is 2. The van der Waals surface area contributed by atoms with Gasteiger partial charge in [0.1, 0.15) is 0 Å². The Bertz CT molecular complexity index is 784. The molecule has 1 unspecified atom stereocenters. The van der Waals surface area contributed by atoms with E-state index < -0.39 is 0 Å². The zero-order chi connectivity index (χ0) is 19.9. The van der Waals surface area contributed by atoms with Crippen molar-refractivity contribution in [1.82, 2.24) is 24.9 Å². The van der Waals surface area contributed by atoms with E-state index in [2.05, 4.69) is 27.7 Å². The van der Waals surface area contributed by atoms with Gasteiger partial charge >= 0.3 is 6.03 Å². The fourth-order valence-electron chi connectivity index (χ4n) is 3.14. The first-order valence-electron chi connectivity index (χ1n) is 9.64. The van der Waals surface area contributed by atoms with Crippen molar-refractivity contribution in [2.45, 2.75) is 25.9 Å². The molecule has 28 heavy (non-hydrogen) atoms. The summed E-state index contributed by atoms with van der Waals surface area (Å²) in [6.45, 7) is 5.90. The normalized spacial score (nSPS) is 15.9. The first-order valence-corrected chi connectivity index (χ1v) is 9.64. The van der Waals surface area contributed by atoms with Crippen molar-refractivity contribution < 1.29 is 9.59 Å². The van der Waals surface area contributed by atoms with Crippen molar-refractivity contribution >= 4 is 17.6 Å². The molecule has 8 heteroatoms. The fraction of sp³-hybridized carbons (Fsp3) is 0.450. The van der Waals surface area contributed by atoms with Crippen LogP contribution < -0.4 is 10.6 Å². The van der Waals surface area contributed by atoms with Crippen molar-refractivity contribution in [2.75, 3.05) is 38.5 Å². The summed E-state index contributed by atoms with van der Waals surface area (Å²) < 4.78 is 1.84. The Balaban J connectivity index is 1.50. The molecule has 3 rings (SSSR count). The second-order valence-electron chi connectivity index (χ2n) is 7.23. The van der Waals surface area contributed by atoms with Crippen LogP contribution in [-0.4, -0.2) is 70.8 Å². The SMILES string of the molecule is CC(CCn1cccn1)NC(=O)Nc1cccc(C(=O)N2CCN(C)CC2)c1. The molecule has 2 N–H and O–H groups in total. The molecule has 2 aromatic rings. The predicted octanol–water partition coefficient (Wildman–Crippen LogP) is 1.87. The van der Waals surface area contributed by atoms with E-state index in [0.717, 1.165) is 39.1 Å². The zero-order valence-electron chi connectivity index (χ0n) is 16.5. The number of hydrogen-bond donors (Lipinski definition) is 2. The van der Waals surface area contributed by atoms with E-state index in [1.54, 1.807) is 30.5 Å². The lowest BCUT2D eigenvalue weighted by atomic mass is 10.1. The molecule has 1 atom stereocenters. The van der Waals surface area contributed by atoms with E-state index in [1.165, 1.54) is 0 Å². The molecule has 1 aromatic carbocycles. The minimum absolute atomic E-state index is 0.000598. The summed E-state index contributed by atoms with van der Waals surface area (Å²) in [6.07, 6.45) is 4.41. The Labute approximate surface area is 165 Å². The van der Waals surface area contributed by atoms with Gasteiger partial charge in [0.05, 0.1) is 0 Å². The molecular weight excluding hydrogens is 356 g/mol. The Morgan fingerprint density at radius 1 is 1.18 bits per heavy atom. The van der Waals surface area contributed by atoms with Crippen LogP contribution in [0.5, 0.6) is 0 Å². The third-order valence-corrected chi connectivity index (χ3v) is 4.89. The van der Waals surface area contributed by atoms with Gasteiger partial charge in [-0.2, -0.15) is 5.10 Å². The van der Waals surface area contributed by atoms with Crippen LogP contribution in [0.1, 0.15) is 23.7 Å². The number of nitrogens with zero attached hydrogens (tertiary/aromatic N) is 4. The van der Waals surface area contributed by atoms with E-state index in [9.17, 15) is 9.59 Å². The highest BCUT2D eigenvalue weighted by atomic mass is 16.2. The van der Waals surface area contributed by atoms with Crippen LogP contribution in [0.2, 0.25) is 0 Å². The number of piperazine rings is 1. The second-order valence-corrected chi connectivity index (χ2v) is 7.23. The molecule has 1 saturated heterocycles. The number of aryl methyl sites for hydroxylation is 1. The van der Waals surface area contributed by atoms with Gasteiger partial charge in [-0.05, 0) is 44.7 Å². The average Bonchev–Trinajstić information content (AvgIpc) is 3.20. The van der Waals surface area contributed by atoms with Crippen LogP contribution in [0.15, 0.2) is 42.7 Å². The summed E-state index contributed by atoms with van der Waals surface area (Å²) >= 11 is 0. The smallest absolute Gasteiger partial charge is 0.319 e. The molecule has 150 valence electrons. The molecule has 0 bridgehead atoms. The maximum Gasteiger partial charge on any atom is 0.319 e. The number of anilines is 1. The van der Waals surface area contributed by atoms with E-state index in [1.807, 2.05) is 28.8 Å². The van der Waals surface area contributed by atoms with Gasteiger partial charge in [-0.3, -0.25) is 9.48 Å². The quantitative estimate of drug-likeness (QED) is 0.797. The second kappa shape index (κ2) is 9.36. The summed E-state index contributed by atoms with van der Waals surface area (Å²) in [4.78, 5) is 29.0. The summed E-state index contributed by atoms with van der Waals surface area (Å²) in [5, 5.41) is 9.89. The van der Waals surface area contributed by atoms with Gasteiger partial charge in [-0.25, -0.2) is 4.79 Å². The minimum atomic E-state index is -0.280. The Hall–Kier alpha value is -2.87. The molecule has 3 amide bonds. The Kier molecular flexibility index (Phi) is 6.65. The number of carbonyl (C=O) groups is 2. The number of likely N-dealkylation sites (N-methyl/N-ethyl adjacent to an activating group) is 1. The standard InChI is InChI=1S/C20H28N6O2/c1-16(7-10-26-9-4-8-21-26)22-20(28)23-18-6-3-5-17(15-18)19(27)25-13-11-24(2)12-14-25/h3-6,8-9,15-16H,7,10-14H2,1-2H3,(H2,22,23,28). The molecule has 0 saturated carbocycles. The van der Waals surface area contributed by atoms with Crippen molar-refractivity contribution in [3.8, 4) is 0 Å². The fourth-order valence-corrected chi connectivity index (χ4v) is 3.14. The van der Waals surface area contributed by atoms with Gasteiger partial charge in [-0.1, -0.05) is 6.07 Å². The van der Waals surface area contributed by atoms with Gasteiger partial charge < -0.3 is 20.4 Å². The number of benzene rings is 1. The largest absolute Gasteiger partial charge is 0.336 e. The van der Waals surface area contributed by atoms with Gasteiger partial charge in [0.2, 0.25) is 0 Å². The van der Waals surface area contributed by atoms with Crippen LogP contribution in [0.3, 0.4) is 0 Å². The third-order valence-electron chi connectivity index (χ3n) is 4.89. The lowest BCUT2D eigenvalue weighted by Gasteiger charge is -2.32. The van der Waals surface area contributed by atoms with Crippen molar-refractivity contribution in [2.24, 2.45) is 0 Å². The summed E-state index contributed by atoms with van der Waals surface area (Å²) in [5.74, 6) is 0.00440. The molecule has 0 radical (unpaired) electrons. The number of carbonyl (C=O) groups excluding carboxylic acids is 2. The van der Waals surface area contributed by atoms with Crippen LogP contribution in [-0.2, 0) is 6.54 Å². The highest BCUT2D eigenvalue weighted by Crippen LogP contribution is 2.14. The molecular formula is C20H28N6O2. The summed E-state index contributed by atoms with van der Waals surface area (Å²) in [5.41, 5.74) is 1.20.